The van der Waals surface area contributed by atoms with E-state index in [4.69, 9.17) is 15.2 Å². The van der Waals surface area contributed by atoms with E-state index in [-0.39, 0.29) is 6.04 Å². The van der Waals surface area contributed by atoms with Gasteiger partial charge in [0, 0.05) is 36.5 Å². The summed E-state index contributed by atoms with van der Waals surface area (Å²) in [7, 11) is 3.25. The Morgan fingerprint density at radius 1 is 1.19 bits per heavy atom. The molecule has 0 aliphatic carbocycles. The molecule has 2 aromatic rings. The number of hydrogen-bond acceptors (Lipinski definition) is 6. The van der Waals surface area contributed by atoms with Crippen molar-refractivity contribution in [2.24, 2.45) is 11.7 Å². The molecule has 1 aliphatic heterocycles. The van der Waals surface area contributed by atoms with Gasteiger partial charge < -0.3 is 20.1 Å². The maximum absolute atomic E-state index is 5.94. The van der Waals surface area contributed by atoms with Gasteiger partial charge in [0.05, 0.1) is 19.7 Å². The highest BCUT2D eigenvalue weighted by atomic mass is 16.5. The molecule has 0 saturated carbocycles. The zero-order valence-corrected chi connectivity index (χ0v) is 12.5. The Labute approximate surface area is 123 Å². The highest BCUT2D eigenvalue weighted by Crippen LogP contribution is 2.36. The lowest BCUT2D eigenvalue weighted by Crippen LogP contribution is -2.54. The summed E-state index contributed by atoms with van der Waals surface area (Å²) in [5.74, 6) is 2.81. The molecular weight excluding hydrogens is 268 g/mol. The van der Waals surface area contributed by atoms with Gasteiger partial charge in [0.25, 0.3) is 0 Å². The summed E-state index contributed by atoms with van der Waals surface area (Å²) in [5, 5.41) is 0.971. The summed E-state index contributed by atoms with van der Waals surface area (Å²) in [6.07, 6.45) is 1.59. The Balaban J connectivity index is 2.00. The van der Waals surface area contributed by atoms with Crippen LogP contribution in [0.5, 0.6) is 11.5 Å². The minimum absolute atomic E-state index is 0.212. The molecule has 6 nitrogen and oxygen atoms in total. The monoisotopic (exact) mass is 288 g/mol. The van der Waals surface area contributed by atoms with Gasteiger partial charge in [-0.2, -0.15) is 0 Å². The maximum Gasteiger partial charge on any atom is 0.162 e. The fourth-order valence-corrected chi connectivity index (χ4v) is 2.64. The number of hydrogen-bond donors (Lipinski definition) is 1. The molecule has 1 aromatic heterocycles. The summed E-state index contributed by atoms with van der Waals surface area (Å²) in [6.45, 7) is 3.91. The second-order valence-electron chi connectivity index (χ2n) is 5.45. The van der Waals surface area contributed by atoms with Crippen LogP contribution in [0.15, 0.2) is 18.5 Å². The Kier molecular flexibility index (Phi) is 3.55. The molecule has 1 aliphatic rings. The lowest BCUT2D eigenvalue weighted by Gasteiger charge is -2.42. The van der Waals surface area contributed by atoms with E-state index in [0.29, 0.717) is 17.4 Å². The van der Waals surface area contributed by atoms with Crippen LogP contribution in [0.3, 0.4) is 0 Å². The third kappa shape index (κ3) is 2.35. The standard InChI is InChI=1S/C15H20N4O2/c1-9(16)10-6-19(7-10)15-11-4-13(20-2)14(21-3)5-12(11)17-8-18-15/h4-5,8-10H,6-7,16H2,1-3H3. The second-order valence-corrected chi connectivity index (χ2v) is 5.45. The fourth-order valence-electron chi connectivity index (χ4n) is 2.64. The van der Waals surface area contributed by atoms with Gasteiger partial charge in [0.15, 0.2) is 11.5 Å². The first kappa shape index (κ1) is 13.9. The minimum Gasteiger partial charge on any atom is -0.493 e. The van der Waals surface area contributed by atoms with E-state index in [1.807, 2.05) is 19.1 Å². The van der Waals surface area contributed by atoms with Gasteiger partial charge in [-0.15, -0.1) is 0 Å². The topological polar surface area (TPSA) is 73.5 Å². The van der Waals surface area contributed by atoms with E-state index in [9.17, 15) is 0 Å². The lowest BCUT2D eigenvalue weighted by molar-refractivity contribution is 0.352. The number of rotatable bonds is 4. The quantitative estimate of drug-likeness (QED) is 0.917. The van der Waals surface area contributed by atoms with Crippen LogP contribution in [0.4, 0.5) is 5.82 Å². The Hall–Kier alpha value is -2.08. The van der Waals surface area contributed by atoms with E-state index in [1.165, 1.54) is 0 Å². The summed E-state index contributed by atoms with van der Waals surface area (Å²) in [6, 6.07) is 4.02. The first-order valence-electron chi connectivity index (χ1n) is 7.01. The molecular formula is C15H20N4O2. The van der Waals surface area contributed by atoms with Crippen LogP contribution in [0.25, 0.3) is 10.9 Å². The van der Waals surface area contributed by atoms with Crippen molar-refractivity contribution in [3.63, 3.8) is 0 Å². The minimum atomic E-state index is 0.212. The van der Waals surface area contributed by atoms with Crippen LogP contribution in [-0.4, -0.2) is 43.3 Å². The highest BCUT2D eigenvalue weighted by molar-refractivity contribution is 5.92. The van der Waals surface area contributed by atoms with Crippen LogP contribution in [0.2, 0.25) is 0 Å². The second kappa shape index (κ2) is 5.37. The summed E-state index contributed by atoms with van der Waals surface area (Å²) in [5.41, 5.74) is 6.79. The molecule has 0 bridgehead atoms. The Morgan fingerprint density at radius 3 is 2.48 bits per heavy atom. The number of nitrogens with two attached hydrogens (primary N) is 1. The van der Waals surface area contributed by atoms with E-state index < -0.39 is 0 Å². The molecule has 2 N–H and O–H groups in total. The van der Waals surface area contributed by atoms with Gasteiger partial charge in [-0.1, -0.05) is 0 Å². The number of methoxy groups -OCH3 is 2. The number of ether oxygens (including phenoxy) is 2. The summed E-state index contributed by atoms with van der Waals surface area (Å²) < 4.78 is 10.7. The van der Waals surface area contributed by atoms with E-state index in [1.54, 1.807) is 20.5 Å². The molecule has 0 spiro atoms. The number of anilines is 1. The predicted molar refractivity (Wildman–Crippen MR) is 82.0 cm³/mol. The fraction of sp³-hybridized carbons (Fsp3) is 0.467. The van der Waals surface area contributed by atoms with Crippen molar-refractivity contribution in [2.75, 3.05) is 32.2 Å². The van der Waals surface area contributed by atoms with E-state index in [0.717, 1.165) is 29.8 Å². The normalized spacial score (nSPS) is 16.7. The van der Waals surface area contributed by atoms with Crippen LogP contribution in [0.1, 0.15) is 6.92 Å². The average molecular weight is 288 g/mol. The SMILES string of the molecule is COc1cc2ncnc(N3CC(C(C)N)C3)c2cc1OC. The smallest absolute Gasteiger partial charge is 0.162 e. The number of nitrogens with zero attached hydrogens (tertiary/aromatic N) is 3. The Bertz CT molecular complexity index is 653. The largest absolute Gasteiger partial charge is 0.493 e. The molecule has 1 fully saturated rings. The maximum atomic E-state index is 5.94. The first-order chi connectivity index (χ1) is 10.1. The molecule has 1 saturated heterocycles. The lowest BCUT2D eigenvalue weighted by atomic mass is 9.93. The molecule has 2 heterocycles. The van der Waals surface area contributed by atoms with Crippen molar-refractivity contribution >= 4 is 16.7 Å². The molecule has 1 aromatic carbocycles. The molecule has 1 unspecified atom stereocenters. The van der Waals surface area contributed by atoms with Gasteiger partial charge in [-0.05, 0) is 13.0 Å². The first-order valence-corrected chi connectivity index (χ1v) is 7.01. The third-order valence-electron chi connectivity index (χ3n) is 4.07. The Morgan fingerprint density at radius 2 is 1.86 bits per heavy atom. The number of fused-ring (bicyclic) bond motifs is 1. The van der Waals surface area contributed by atoms with Crippen LogP contribution >= 0.6 is 0 Å². The van der Waals surface area contributed by atoms with Crippen molar-refractivity contribution < 1.29 is 9.47 Å². The number of aromatic nitrogens is 2. The molecule has 0 radical (unpaired) electrons. The molecule has 21 heavy (non-hydrogen) atoms. The van der Waals surface area contributed by atoms with Crippen molar-refractivity contribution in [1.82, 2.24) is 9.97 Å². The predicted octanol–water partition coefficient (Wildman–Crippen LogP) is 1.43. The van der Waals surface area contributed by atoms with Crippen molar-refractivity contribution in [3.8, 4) is 11.5 Å². The molecule has 0 amide bonds. The summed E-state index contributed by atoms with van der Waals surface area (Å²) in [4.78, 5) is 11.0. The van der Waals surface area contributed by atoms with E-state index >= 15 is 0 Å². The van der Waals surface area contributed by atoms with Crippen LogP contribution < -0.4 is 20.1 Å². The zero-order chi connectivity index (χ0) is 15.0. The molecule has 112 valence electrons. The molecule has 1 atom stereocenters. The van der Waals surface area contributed by atoms with Crippen molar-refractivity contribution in [3.05, 3.63) is 18.5 Å². The van der Waals surface area contributed by atoms with Crippen LogP contribution in [-0.2, 0) is 0 Å². The zero-order valence-electron chi connectivity index (χ0n) is 12.5. The van der Waals surface area contributed by atoms with Gasteiger partial charge in [-0.25, -0.2) is 9.97 Å². The van der Waals surface area contributed by atoms with Gasteiger partial charge in [0.1, 0.15) is 12.1 Å². The third-order valence-corrected chi connectivity index (χ3v) is 4.07. The summed E-state index contributed by atoms with van der Waals surface area (Å²) >= 11 is 0. The number of benzene rings is 1. The van der Waals surface area contributed by atoms with E-state index in [2.05, 4.69) is 14.9 Å². The highest BCUT2D eigenvalue weighted by Gasteiger charge is 2.31. The average Bonchev–Trinajstić information content (AvgIpc) is 2.44. The molecule has 6 heteroatoms. The van der Waals surface area contributed by atoms with Gasteiger partial charge in [0.2, 0.25) is 0 Å². The van der Waals surface area contributed by atoms with Crippen LogP contribution in [0, 0.1) is 5.92 Å². The van der Waals surface area contributed by atoms with Crippen molar-refractivity contribution in [2.45, 2.75) is 13.0 Å². The van der Waals surface area contributed by atoms with Gasteiger partial charge >= 0.3 is 0 Å². The molecule has 3 rings (SSSR count). The van der Waals surface area contributed by atoms with Gasteiger partial charge in [-0.3, -0.25) is 0 Å². The van der Waals surface area contributed by atoms with Crippen molar-refractivity contribution in [1.29, 1.82) is 0 Å².